The summed E-state index contributed by atoms with van der Waals surface area (Å²) in [6.45, 7) is 5.29. The lowest BCUT2D eigenvalue weighted by molar-refractivity contribution is -0.160. The van der Waals surface area contributed by atoms with Gasteiger partial charge in [-0.1, -0.05) is 24.3 Å². The van der Waals surface area contributed by atoms with E-state index in [0.29, 0.717) is 6.42 Å². The number of alkyl carbamates (subject to hydrolysis) is 1. The van der Waals surface area contributed by atoms with Gasteiger partial charge in [0.2, 0.25) is 0 Å². The Labute approximate surface area is 153 Å². The first-order chi connectivity index (χ1) is 12.2. The molecule has 26 heavy (non-hydrogen) atoms. The highest BCUT2D eigenvalue weighted by Gasteiger charge is 2.47. The van der Waals surface area contributed by atoms with Crippen molar-refractivity contribution in [3.8, 4) is 0 Å². The van der Waals surface area contributed by atoms with Crippen molar-refractivity contribution in [3.05, 3.63) is 35.4 Å². The van der Waals surface area contributed by atoms with E-state index in [2.05, 4.69) is 5.32 Å². The van der Waals surface area contributed by atoms with Crippen molar-refractivity contribution < 1.29 is 28.6 Å². The number of methoxy groups -OCH3 is 2. The van der Waals surface area contributed by atoms with Crippen LogP contribution in [-0.2, 0) is 30.2 Å². The molecule has 0 spiro atoms. The largest absolute Gasteiger partial charge is 0.468 e. The standard InChI is InChI=1S/C19H25NO6/c1-19(2,3)26-18(23)20-13-10-11-8-6-7-9-12(11)14(13)15(16(21)24-4)17(22)25-5/h6-9,13-15H,10H2,1-5H3,(H,20,23). The number of nitrogens with one attached hydrogen (secondary N) is 1. The Hall–Kier alpha value is -2.57. The molecule has 7 heteroatoms. The fourth-order valence-corrected chi connectivity index (χ4v) is 3.28. The van der Waals surface area contributed by atoms with Gasteiger partial charge in [0.05, 0.1) is 14.2 Å². The lowest BCUT2D eigenvalue weighted by Crippen LogP contribution is -2.46. The summed E-state index contributed by atoms with van der Waals surface area (Å²) in [4.78, 5) is 36.9. The number of carbonyl (C=O) groups is 3. The molecule has 0 saturated heterocycles. The maximum Gasteiger partial charge on any atom is 0.407 e. The number of benzene rings is 1. The summed E-state index contributed by atoms with van der Waals surface area (Å²) in [5.41, 5.74) is 1.11. The summed E-state index contributed by atoms with van der Waals surface area (Å²) >= 11 is 0. The minimum Gasteiger partial charge on any atom is -0.468 e. The Balaban J connectivity index is 2.37. The maximum absolute atomic E-state index is 12.3. The molecule has 1 aliphatic rings. The van der Waals surface area contributed by atoms with E-state index in [1.54, 1.807) is 20.8 Å². The summed E-state index contributed by atoms with van der Waals surface area (Å²) in [5.74, 6) is -3.17. The lowest BCUT2D eigenvalue weighted by atomic mass is 9.84. The van der Waals surface area contributed by atoms with Crippen molar-refractivity contribution in [2.24, 2.45) is 5.92 Å². The third-order valence-corrected chi connectivity index (χ3v) is 4.26. The minimum atomic E-state index is -1.17. The molecule has 2 unspecified atom stereocenters. The first-order valence-electron chi connectivity index (χ1n) is 8.41. The fourth-order valence-electron chi connectivity index (χ4n) is 3.28. The zero-order chi connectivity index (χ0) is 19.5. The minimum absolute atomic E-state index is 0.477. The number of hydrogen-bond donors (Lipinski definition) is 1. The van der Waals surface area contributed by atoms with Crippen molar-refractivity contribution in [3.63, 3.8) is 0 Å². The van der Waals surface area contributed by atoms with Gasteiger partial charge in [-0.2, -0.15) is 0 Å². The number of esters is 2. The third-order valence-electron chi connectivity index (χ3n) is 4.26. The predicted octanol–water partition coefficient (Wildman–Crippen LogP) is 2.18. The van der Waals surface area contributed by atoms with Gasteiger partial charge in [0.1, 0.15) is 5.60 Å². The summed E-state index contributed by atoms with van der Waals surface area (Å²) in [6, 6.07) is 6.95. The summed E-state index contributed by atoms with van der Waals surface area (Å²) in [7, 11) is 2.44. The smallest absolute Gasteiger partial charge is 0.407 e. The molecule has 1 aromatic carbocycles. The molecule has 0 aromatic heterocycles. The number of rotatable bonds is 4. The summed E-state index contributed by atoms with van der Waals surface area (Å²) in [6.07, 6.45) is -0.126. The van der Waals surface area contributed by atoms with Crippen LogP contribution in [0.1, 0.15) is 37.8 Å². The number of ether oxygens (including phenoxy) is 3. The Morgan fingerprint density at radius 3 is 2.19 bits per heavy atom. The fraction of sp³-hybridized carbons (Fsp3) is 0.526. The molecule has 0 radical (unpaired) electrons. The van der Waals surface area contributed by atoms with Gasteiger partial charge >= 0.3 is 18.0 Å². The van der Waals surface area contributed by atoms with Crippen LogP contribution >= 0.6 is 0 Å². The van der Waals surface area contributed by atoms with Crippen LogP contribution < -0.4 is 5.32 Å². The van der Waals surface area contributed by atoms with Crippen molar-refractivity contribution in [1.29, 1.82) is 0 Å². The van der Waals surface area contributed by atoms with Gasteiger partial charge in [0.25, 0.3) is 0 Å². The number of carbonyl (C=O) groups excluding carboxylic acids is 3. The van der Waals surface area contributed by atoms with E-state index in [0.717, 1.165) is 11.1 Å². The average molecular weight is 363 g/mol. The molecule has 1 N–H and O–H groups in total. The highest BCUT2D eigenvalue weighted by Crippen LogP contribution is 2.40. The number of fused-ring (bicyclic) bond motifs is 1. The Kier molecular flexibility index (Phi) is 5.90. The van der Waals surface area contributed by atoms with Crippen molar-refractivity contribution >= 4 is 18.0 Å². The number of hydrogen-bond acceptors (Lipinski definition) is 6. The Morgan fingerprint density at radius 1 is 1.08 bits per heavy atom. The van der Waals surface area contributed by atoms with Crippen LogP contribution in [0.25, 0.3) is 0 Å². The van der Waals surface area contributed by atoms with Crippen LogP contribution in [0, 0.1) is 5.92 Å². The van der Waals surface area contributed by atoms with Crippen LogP contribution in [-0.4, -0.2) is 43.9 Å². The van der Waals surface area contributed by atoms with E-state index < -0.39 is 41.5 Å². The average Bonchev–Trinajstić information content (AvgIpc) is 2.90. The molecular formula is C19H25NO6. The second-order valence-electron chi connectivity index (χ2n) is 7.21. The van der Waals surface area contributed by atoms with E-state index in [4.69, 9.17) is 14.2 Å². The zero-order valence-corrected chi connectivity index (χ0v) is 15.7. The lowest BCUT2D eigenvalue weighted by Gasteiger charge is -2.28. The molecule has 0 bridgehead atoms. The Bertz CT molecular complexity index is 678. The molecule has 1 amide bonds. The molecule has 0 saturated carbocycles. The van der Waals surface area contributed by atoms with Gasteiger partial charge in [-0.3, -0.25) is 9.59 Å². The van der Waals surface area contributed by atoms with Crippen LogP contribution in [0.5, 0.6) is 0 Å². The third kappa shape index (κ3) is 4.33. The molecule has 2 atom stereocenters. The van der Waals surface area contributed by atoms with Crippen molar-refractivity contribution in [2.75, 3.05) is 14.2 Å². The monoisotopic (exact) mass is 363 g/mol. The van der Waals surface area contributed by atoms with E-state index in [9.17, 15) is 14.4 Å². The Morgan fingerprint density at radius 2 is 1.65 bits per heavy atom. The molecule has 0 fully saturated rings. The van der Waals surface area contributed by atoms with Crippen molar-refractivity contribution in [1.82, 2.24) is 5.32 Å². The first-order valence-corrected chi connectivity index (χ1v) is 8.41. The van der Waals surface area contributed by atoms with Gasteiger partial charge < -0.3 is 19.5 Å². The van der Waals surface area contributed by atoms with Gasteiger partial charge in [-0.15, -0.1) is 0 Å². The molecule has 1 aliphatic carbocycles. The van der Waals surface area contributed by atoms with E-state index in [-0.39, 0.29) is 0 Å². The molecule has 2 rings (SSSR count). The SMILES string of the molecule is COC(=O)C(C(=O)OC)C1c2ccccc2CC1NC(=O)OC(C)(C)C. The van der Waals surface area contributed by atoms with Crippen LogP contribution in [0.3, 0.4) is 0 Å². The van der Waals surface area contributed by atoms with Gasteiger partial charge in [-0.25, -0.2) is 4.79 Å². The summed E-state index contributed by atoms with van der Waals surface area (Å²) < 4.78 is 14.9. The van der Waals surface area contributed by atoms with E-state index >= 15 is 0 Å². The van der Waals surface area contributed by atoms with Crippen LogP contribution in [0.2, 0.25) is 0 Å². The molecule has 0 aliphatic heterocycles. The molecule has 7 nitrogen and oxygen atoms in total. The normalized spacial score (nSPS) is 18.8. The topological polar surface area (TPSA) is 90.9 Å². The second-order valence-corrected chi connectivity index (χ2v) is 7.21. The highest BCUT2D eigenvalue weighted by molar-refractivity contribution is 5.96. The second kappa shape index (κ2) is 7.76. The molecular weight excluding hydrogens is 338 g/mol. The van der Waals surface area contributed by atoms with Crippen molar-refractivity contribution in [2.45, 2.75) is 44.8 Å². The quantitative estimate of drug-likeness (QED) is 0.501. The van der Waals surface area contributed by atoms with Gasteiger partial charge in [-0.05, 0) is 38.3 Å². The maximum atomic E-state index is 12.3. The predicted molar refractivity (Wildman–Crippen MR) is 93.6 cm³/mol. The van der Waals surface area contributed by atoms with Gasteiger partial charge in [0.15, 0.2) is 5.92 Å². The number of amides is 1. The molecule has 0 heterocycles. The zero-order valence-electron chi connectivity index (χ0n) is 15.7. The first kappa shape index (κ1) is 19.8. The summed E-state index contributed by atoms with van der Waals surface area (Å²) in [5, 5.41) is 2.79. The van der Waals surface area contributed by atoms with Crippen LogP contribution in [0.15, 0.2) is 24.3 Å². The van der Waals surface area contributed by atoms with Gasteiger partial charge in [0, 0.05) is 12.0 Å². The van der Waals surface area contributed by atoms with E-state index in [1.807, 2.05) is 24.3 Å². The molecule has 142 valence electrons. The highest BCUT2D eigenvalue weighted by atomic mass is 16.6. The molecule has 1 aromatic rings. The van der Waals surface area contributed by atoms with E-state index in [1.165, 1.54) is 14.2 Å². The van der Waals surface area contributed by atoms with Crippen LogP contribution in [0.4, 0.5) is 4.79 Å².